The van der Waals surface area contributed by atoms with Crippen molar-refractivity contribution in [2.75, 3.05) is 53.2 Å². The first-order chi connectivity index (χ1) is 15.8. The molecule has 0 bridgehead atoms. The first-order valence-electron chi connectivity index (χ1n) is 11.6. The summed E-state index contributed by atoms with van der Waals surface area (Å²) in [7, 11) is 1.67. The third-order valence-electron chi connectivity index (χ3n) is 6.20. The van der Waals surface area contributed by atoms with Crippen molar-refractivity contribution in [3.63, 3.8) is 0 Å². The second-order valence-electron chi connectivity index (χ2n) is 9.84. The highest BCUT2D eigenvalue weighted by atomic mass is 16.7. The van der Waals surface area contributed by atoms with Crippen molar-refractivity contribution < 1.29 is 24.1 Å². The molecule has 0 radical (unpaired) electrons. The molecule has 2 aliphatic rings. The Morgan fingerprint density at radius 3 is 2.42 bits per heavy atom. The summed E-state index contributed by atoms with van der Waals surface area (Å²) in [5.41, 5.74) is 2.23. The molecule has 180 valence electrons. The molecule has 4 rings (SSSR count). The van der Waals surface area contributed by atoms with Crippen molar-refractivity contribution in [2.24, 2.45) is 0 Å². The molecule has 0 saturated carbocycles. The second-order valence-corrected chi connectivity index (χ2v) is 9.84. The van der Waals surface area contributed by atoms with E-state index in [0.29, 0.717) is 13.3 Å². The van der Waals surface area contributed by atoms with Crippen molar-refractivity contribution in [3.05, 3.63) is 47.5 Å². The summed E-state index contributed by atoms with van der Waals surface area (Å²) in [5.74, 6) is 3.27. The molecule has 0 spiro atoms. The fraction of sp³-hybridized carbons (Fsp3) is 0.538. The molecular weight excluding hydrogens is 420 g/mol. The topological polar surface area (TPSA) is 63.6 Å². The van der Waals surface area contributed by atoms with Crippen LogP contribution in [0.15, 0.2) is 36.4 Å². The van der Waals surface area contributed by atoms with E-state index in [1.54, 1.807) is 7.11 Å². The summed E-state index contributed by atoms with van der Waals surface area (Å²) in [5, 5.41) is 10.6. The van der Waals surface area contributed by atoms with Crippen molar-refractivity contribution in [1.29, 1.82) is 0 Å². The first kappa shape index (κ1) is 23.7. The molecule has 2 aromatic carbocycles. The molecule has 0 unspecified atom stereocenters. The van der Waals surface area contributed by atoms with Gasteiger partial charge < -0.3 is 24.1 Å². The Morgan fingerprint density at radius 2 is 1.70 bits per heavy atom. The van der Waals surface area contributed by atoms with Crippen molar-refractivity contribution in [3.8, 4) is 23.0 Å². The van der Waals surface area contributed by atoms with Crippen LogP contribution in [0.3, 0.4) is 0 Å². The van der Waals surface area contributed by atoms with Gasteiger partial charge in [-0.2, -0.15) is 0 Å². The molecule has 7 heteroatoms. The number of β-amino-alcohol motifs (C(OH)–C–C–N with tert-alkyl or cyclic N) is 1. The lowest BCUT2D eigenvalue weighted by Crippen LogP contribution is -2.48. The molecule has 1 saturated heterocycles. The Labute approximate surface area is 196 Å². The van der Waals surface area contributed by atoms with Gasteiger partial charge >= 0.3 is 0 Å². The number of aliphatic hydroxyl groups is 1. The third-order valence-corrected chi connectivity index (χ3v) is 6.20. The zero-order valence-electron chi connectivity index (χ0n) is 20.2. The molecule has 2 aliphatic heterocycles. The minimum absolute atomic E-state index is 0.0802. The van der Waals surface area contributed by atoms with Gasteiger partial charge in [0.05, 0.1) is 7.11 Å². The van der Waals surface area contributed by atoms with Crippen molar-refractivity contribution >= 4 is 0 Å². The molecule has 1 fully saturated rings. The molecular formula is C26H36N2O5. The lowest BCUT2D eigenvalue weighted by molar-refractivity contribution is 0.0442. The Hall–Kier alpha value is -2.48. The first-order valence-corrected chi connectivity index (χ1v) is 11.6. The average Bonchev–Trinajstić information content (AvgIpc) is 3.26. The van der Waals surface area contributed by atoms with Gasteiger partial charge in [0.25, 0.3) is 0 Å². The predicted octanol–water partition coefficient (Wildman–Crippen LogP) is 3.28. The Balaban J connectivity index is 1.23. The summed E-state index contributed by atoms with van der Waals surface area (Å²) in [6, 6.07) is 12.0. The number of hydrogen-bond donors (Lipinski definition) is 1. The predicted molar refractivity (Wildman–Crippen MR) is 127 cm³/mol. The number of hydrogen-bond acceptors (Lipinski definition) is 7. The maximum atomic E-state index is 10.6. The van der Waals surface area contributed by atoms with Crippen LogP contribution < -0.4 is 18.9 Å². The number of benzene rings is 2. The molecule has 0 amide bonds. The number of piperazine rings is 1. The molecule has 33 heavy (non-hydrogen) atoms. The molecule has 0 aliphatic carbocycles. The summed E-state index contributed by atoms with van der Waals surface area (Å²) in [6.45, 7) is 12.3. The number of aliphatic hydroxyl groups excluding tert-OH is 1. The number of rotatable bonds is 8. The van der Waals surface area contributed by atoms with Gasteiger partial charge in [0.1, 0.15) is 24.2 Å². The Kier molecular flexibility index (Phi) is 7.32. The van der Waals surface area contributed by atoms with Gasteiger partial charge in [0.15, 0.2) is 11.5 Å². The van der Waals surface area contributed by atoms with E-state index in [9.17, 15) is 5.11 Å². The van der Waals surface area contributed by atoms with E-state index in [4.69, 9.17) is 18.9 Å². The summed E-state index contributed by atoms with van der Waals surface area (Å²) >= 11 is 0. The fourth-order valence-corrected chi connectivity index (χ4v) is 4.31. The van der Waals surface area contributed by atoms with Gasteiger partial charge in [-0.3, -0.25) is 9.80 Å². The van der Waals surface area contributed by atoms with Gasteiger partial charge in [-0.05, 0) is 41.3 Å². The van der Waals surface area contributed by atoms with Crippen molar-refractivity contribution in [2.45, 2.75) is 38.8 Å². The van der Waals surface area contributed by atoms with Gasteiger partial charge in [-0.15, -0.1) is 0 Å². The van der Waals surface area contributed by atoms with E-state index in [2.05, 4.69) is 42.7 Å². The summed E-state index contributed by atoms with van der Waals surface area (Å²) < 4.78 is 22.3. The molecule has 2 aromatic rings. The van der Waals surface area contributed by atoms with Crippen LogP contribution in [-0.4, -0.2) is 74.2 Å². The Bertz CT molecular complexity index is 935. The van der Waals surface area contributed by atoms with E-state index in [-0.39, 0.29) is 12.0 Å². The number of methoxy groups -OCH3 is 1. The van der Waals surface area contributed by atoms with Gasteiger partial charge in [0, 0.05) is 44.8 Å². The van der Waals surface area contributed by atoms with Crippen LogP contribution in [0.1, 0.15) is 31.9 Å². The van der Waals surface area contributed by atoms with Gasteiger partial charge in [-0.25, -0.2) is 0 Å². The van der Waals surface area contributed by atoms with Gasteiger partial charge in [0.2, 0.25) is 6.79 Å². The summed E-state index contributed by atoms with van der Waals surface area (Å²) in [6.07, 6.45) is -0.541. The zero-order valence-corrected chi connectivity index (χ0v) is 20.2. The number of ether oxygens (including phenoxy) is 4. The monoisotopic (exact) mass is 456 g/mol. The van der Waals surface area contributed by atoms with E-state index in [1.807, 2.05) is 24.3 Å². The van der Waals surface area contributed by atoms with Crippen LogP contribution in [0.2, 0.25) is 0 Å². The maximum Gasteiger partial charge on any atom is 0.231 e. The molecule has 0 aromatic heterocycles. The normalized spacial score (nSPS) is 17.7. The van der Waals surface area contributed by atoms with Crippen LogP contribution in [0.5, 0.6) is 23.0 Å². The Morgan fingerprint density at radius 1 is 0.970 bits per heavy atom. The van der Waals surface area contributed by atoms with Crippen LogP contribution in [0.4, 0.5) is 0 Å². The smallest absolute Gasteiger partial charge is 0.231 e. The molecule has 1 atom stereocenters. The number of nitrogens with zero attached hydrogens (tertiary/aromatic N) is 2. The lowest BCUT2D eigenvalue weighted by Gasteiger charge is -2.35. The van der Waals surface area contributed by atoms with E-state index < -0.39 is 6.10 Å². The lowest BCUT2D eigenvalue weighted by atomic mass is 9.86. The SMILES string of the molecule is COc1ccc(OC[C@@H](O)CN2CCN(Cc3ccc4c(c3)OCO4)CC2)c(C(C)(C)C)c1. The van der Waals surface area contributed by atoms with Crippen LogP contribution in [-0.2, 0) is 12.0 Å². The molecule has 1 N–H and O–H groups in total. The maximum absolute atomic E-state index is 10.6. The second kappa shape index (κ2) is 10.2. The van der Waals surface area contributed by atoms with E-state index in [1.165, 1.54) is 5.56 Å². The van der Waals surface area contributed by atoms with Crippen molar-refractivity contribution in [1.82, 2.24) is 9.80 Å². The fourth-order valence-electron chi connectivity index (χ4n) is 4.31. The summed E-state index contributed by atoms with van der Waals surface area (Å²) in [4.78, 5) is 4.74. The third kappa shape index (κ3) is 6.10. The molecule has 7 nitrogen and oxygen atoms in total. The number of fused-ring (bicyclic) bond motifs is 1. The zero-order chi connectivity index (χ0) is 23.4. The van der Waals surface area contributed by atoms with Crippen LogP contribution in [0.25, 0.3) is 0 Å². The highest BCUT2D eigenvalue weighted by Crippen LogP contribution is 2.35. The van der Waals surface area contributed by atoms with Crippen LogP contribution in [0, 0.1) is 0 Å². The minimum Gasteiger partial charge on any atom is -0.497 e. The molecule has 2 heterocycles. The largest absolute Gasteiger partial charge is 0.497 e. The van der Waals surface area contributed by atoms with E-state index >= 15 is 0 Å². The average molecular weight is 457 g/mol. The quantitative estimate of drug-likeness (QED) is 0.654. The minimum atomic E-state index is -0.541. The standard InChI is InChI=1S/C26H36N2O5/c1-26(2,3)22-14-21(30-4)6-8-23(22)31-17-20(29)16-28-11-9-27(10-12-28)15-19-5-7-24-25(13-19)33-18-32-24/h5-8,13-14,20,29H,9-12,15-18H2,1-4H3/t20-/m0/s1. The highest BCUT2D eigenvalue weighted by molar-refractivity contribution is 5.45. The highest BCUT2D eigenvalue weighted by Gasteiger charge is 2.23. The van der Waals surface area contributed by atoms with Crippen LogP contribution >= 0.6 is 0 Å². The van der Waals surface area contributed by atoms with Gasteiger partial charge in [-0.1, -0.05) is 26.8 Å². The van der Waals surface area contributed by atoms with E-state index in [0.717, 1.165) is 61.3 Å².